The van der Waals surface area contributed by atoms with Crippen molar-refractivity contribution in [2.75, 3.05) is 23.3 Å². The van der Waals surface area contributed by atoms with Gasteiger partial charge in [0.1, 0.15) is 11.6 Å². The Kier molecular flexibility index (Phi) is 3.59. The number of carbonyl (C=O) groups excluding carboxylic acids is 1. The third-order valence-corrected chi connectivity index (χ3v) is 4.73. The second-order valence-electron chi connectivity index (χ2n) is 6.57. The summed E-state index contributed by atoms with van der Waals surface area (Å²) in [6.45, 7) is 5.56. The molecule has 0 radical (unpaired) electrons. The first kappa shape index (κ1) is 14.9. The van der Waals surface area contributed by atoms with Crippen molar-refractivity contribution in [2.24, 2.45) is 0 Å². The predicted octanol–water partition coefficient (Wildman–Crippen LogP) is 2.59. The zero-order valence-corrected chi connectivity index (χ0v) is 13.9. The van der Waals surface area contributed by atoms with Gasteiger partial charge in [0.05, 0.1) is 12.1 Å². The first-order valence-corrected chi connectivity index (χ1v) is 8.32. The van der Waals surface area contributed by atoms with Crippen LogP contribution < -0.4 is 10.2 Å². The van der Waals surface area contributed by atoms with E-state index in [1.54, 1.807) is 0 Å². The van der Waals surface area contributed by atoms with Crippen LogP contribution in [0, 0.1) is 13.8 Å². The molecule has 0 aliphatic carbocycles. The third kappa shape index (κ3) is 2.68. The third-order valence-electron chi connectivity index (χ3n) is 4.73. The largest absolute Gasteiger partial charge is 0.352 e. The molecule has 1 N–H and O–H groups in total. The Hall–Kier alpha value is -2.63. The molecule has 0 spiro atoms. The minimum absolute atomic E-state index is 0.00264. The van der Waals surface area contributed by atoms with E-state index in [2.05, 4.69) is 20.2 Å². The lowest BCUT2D eigenvalue weighted by Crippen LogP contribution is -2.71. The summed E-state index contributed by atoms with van der Waals surface area (Å²) >= 11 is 0. The molecule has 3 aliphatic heterocycles. The molecule has 1 aromatic carbocycles. The first-order valence-electron chi connectivity index (χ1n) is 8.32. The Morgan fingerprint density at radius 3 is 2.50 bits per heavy atom. The standard InChI is InChI=1S/C18H21N5O/c1-12-8-17(20-13(2)19-12)22-10-15-9-16(11-22)23(15)18(24)21-14-6-4-3-5-7-14/h3-8,15-16H,9-11H2,1-2H3,(H,21,24). The molecule has 2 amide bonds. The molecule has 5 rings (SSSR count). The second-order valence-corrected chi connectivity index (χ2v) is 6.57. The maximum Gasteiger partial charge on any atom is 0.322 e. The van der Waals surface area contributed by atoms with Crippen LogP contribution in [0.15, 0.2) is 36.4 Å². The lowest BCUT2D eigenvalue weighted by Gasteiger charge is -2.56. The number of fused-ring (bicyclic) bond motifs is 2. The summed E-state index contributed by atoms with van der Waals surface area (Å²) in [4.78, 5) is 25.7. The van der Waals surface area contributed by atoms with Crippen LogP contribution in [0.1, 0.15) is 17.9 Å². The number of hydrogen-bond acceptors (Lipinski definition) is 4. The fraction of sp³-hybridized carbons (Fsp3) is 0.389. The van der Waals surface area contributed by atoms with E-state index in [0.717, 1.165) is 42.5 Å². The van der Waals surface area contributed by atoms with E-state index in [1.165, 1.54) is 0 Å². The number of nitrogens with zero attached hydrogens (tertiary/aromatic N) is 4. The van der Waals surface area contributed by atoms with E-state index in [-0.39, 0.29) is 18.1 Å². The number of benzene rings is 1. The summed E-state index contributed by atoms with van der Waals surface area (Å²) in [6.07, 6.45) is 1.07. The number of urea groups is 1. The monoisotopic (exact) mass is 323 g/mol. The Morgan fingerprint density at radius 1 is 1.12 bits per heavy atom. The van der Waals surface area contributed by atoms with Gasteiger partial charge in [0.25, 0.3) is 0 Å². The topological polar surface area (TPSA) is 61.4 Å². The predicted molar refractivity (Wildman–Crippen MR) is 93.2 cm³/mol. The highest BCUT2D eigenvalue weighted by Crippen LogP contribution is 2.34. The highest BCUT2D eigenvalue weighted by atomic mass is 16.2. The number of aromatic nitrogens is 2. The average molecular weight is 323 g/mol. The van der Waals surface area contributed by atoms with Crippen LogP contribution in [-0.2, 0) is 0 Å². The van der Waals surface area contributed by atoms with Crippen molar-refractivity contribution >= 4 is 17.5 Å². The Labute approximate surface area is 141 Å². The normalized spacial score (nSPS) is 22.1. The minimum Gasteiger partial charge on any atom is -0.352 e. The van der Waals surface area contributed by atoms with Crippen LogP contribution in [0.4, 0.5) is 16.3 Å². The van der Waals surface area contributed by atoms with Crippen LogP contribution in [0.2, 0.25) is 0 Å². The van der Waals surface area contributed by atoms with E-state index in [1.807, 2.05) is 55.1 Å². The van der Waals surface area contributed by atoms with Gasteiger partial charge in [-0.25, -0.2) is 14.8 Å². The van der Waals surface area contributed by atoms with Crippen LogP contribution in [-0.4, -0.2) is 46.1 Å². The number of rotatable bonds is 2. The summed E-state index contributed by atoms with van der Waals surface area (Å²) in [5.74, 6) is 1.76. The lowest BCUT2D eigenvalue weighted by molar-refractivity contribution is 0.0436. The molecule has 2 unspecified atom stereocenters. The Bertz CT molecular complexity index is 731. The molecule has 3 aliphatic rings. The van der Waals surface area contributed by atoms with Gasteiger partial charge in [-0.05, 0) is 32.4 Å². The molecule has 1 aromatic heterocycles. The van der Waals surface area contributed by atoms with Crippen molar-refractivity contribution < 1.29 is 4.79 Å². The van der Waals surface area contributed by atoms with Gasteiger partial charge in [-0.15, -0.1) is 0 Å². The zero-order valence-electron chi connectivity index (χ0n) is 13.9. The van der Waals surface area contributed by atoms with Crippen molar-refractivity contribution in [3.8, 4) is 0 Å². The number of amides is 2. The molecule has 0 saturated carbocycles. The second kappa shape index (κ2) is 5.78. The highest BCUT2D eigenvalue weighted by Gasteiger charge is 2.47. The summed E-state index contributed by atoms with van der Waals surface area (Å²) in [7, 11) is 0. The van der Waals surface area contributed by atoms with Gasteiger partial charge >= 0.3 is 6.03 Å². The number of nitrogens with one attached hydrogen (secondary N) is 1. The fourth-order valence-corrected chi connectivity index (χ4v) is 3.70. The number of para-hydroxylation sites is 1. The molecule has 2 atom stereocenters. The van der Waals surface area contributed by atoms with Crippen molar-refractivity contribution in [2.45, 2.75) is 32.4 Å². The highest BCUT2D eigenvalue weighted by molar-refractivity contribution is 5.90. The molecular formula is C18H21N5O. The zero-order chi connectivity index (χ0) is 16.7. The number of piperazine rings is 1. The maximum atomic E-state index is 12.5. The number of aryl methyl sites for hydroxylation is 2. The summed E-state index contributed by atoms with van der Waals surface area (Å²) < 4.78 is 0. The SMILES string of the molecule is Cc1cc(N2CC3CC(C2)N3C(=O)Nc2ccccc2)nc(C)n1. The van der Waals surface area contributed by atoms with Gasteiger partial charge in [0.2, 0.25) is 0 Å². The molecule has 3 saturated heterocycles. The van der Waals surface area contributed by atoms with Gasteiger partial charge in [0, 0.05) is 30.5 Å². The van der Waals surface area contributed by atoms with Crippen molar-refractivity contribution in [1.82, 2.24) is 14.9 Å². The molecule has 6 heteroatoms. The summed E-state index contributed by atoms with van der Waals surface area (Å²) in [6, 6.07) is 12.1. The molecule has 3 fully saturated rings. The number of carbonyl (C=O) groups is 1. The maximum absolute atomic E-state index is 12.5. The van der Waals surface area contributed by atoms with E-state index in [4.69, 9.17) is 0 Å². The number of anilines is 2. The molecular weight excluding hydrogens is 302 g/mol. The van der Waals surface area contributed by atoms with Crippen molar-refractivity contribution in [3.05, 3.63) is 47.9 Å². The molecule has 24 heavy (non-hydrogen) atoms. The van der Waals surface area contributed by atoms with Crippen LogP contribution in [0.5, 0.6) is 0 Å². The fourth-order valence-electron chi connectivity index (χ4n) is 3.70. The molecule has 124 valence electrons. The van der Waals surface area contributed by atoms with Crippen molar-refractivity contribution in [1.29, 1.82) is 0 Å². The van der Waals surface area contributed by atoms with Gasteiger partial charge < -0.3 is 15.1 Å². The Morgan fingerprint density at radius 2 is 1.83 bits per heavy atom. The Balaban J connectivity index is 1.44. The number of piperidine rings is 1. The van der Waals surface area contributed by atoms with Crippen LogP contribution >= 0.6 is 0 Å². The van der Waals surface area contributed by atoms with Gasteiger partial charge in [0.15, 0.2) is 0 Å². The van der Waals surface area contributed by atoms with Crippen LogP contribution in [0.3, 0.4) is 0 Å². The van der Waals surface area contributed by atoms with Gasteiger partial charge in [-0.3, -0.25) is 0 Å². The van der Waals surface area contributed by atoms with Gasteiger partial charge in [-0.1, -0.05) is 18.2 Å². The summed E-state index contributed by atoms with van der Waals surface area (Å²) in [5, 5.41) is 2.99. The lowest BCUT2D eigenvalue weighted by atomic mass is 9.88. The molecule has 6 nitrogen and oxygen atoms in total. The van der Waals surface area contributed by atoms with E-state index >= 15 is 0 Å². The van der Waals surface area contributed by atoms with E-state index < -0.39 is 0 Å². The number of hydrogen-bond donors (Lipinski definition) is 1. The van der Waals surface area contributed by atoms with E-state index in [0.29, 0.717) is 0 Å². The minimum atomic E-state index is -0.00264. The van der Waals surface area contributed by atoms with E-state index in [9.17, 15) is 4.79 Å². The van der Waals surface area contributed by atoms with Gasteiger partial charge in [-0.2, -0.15) is 0 Å². The quantitative estimate of drug-likeness (QED) is 0.923. The summed E-state index contributed by atoms with van der Waals surface area (Å²) in [5.41, 5.74) is 1.82. The molecule has 4 heterocycles. The smallest absolute Gasteiger partial charge is 0.322 e. The van der Waals surface area contributed by atoms with Crippen LogP contribution in [0.25, 0.3) is 0 Å². The molecule has 2 aromatic rings. The molecule has 2 bridgehead atoms. The average Bonchev–Trinajstić information content (AvgIpc) is 2.55. The first-order chi connectivity index (χ1) is 11.6. The van der Waals surface area contributed by atoms with Crippen molar-refractivity contribution in [3.63, 3.8) is 0 Å².